The van der Waals surface area contributed by atoms with Gasteiger partial charge in [-0.3, -0.25) is 4.79 Å². The van der Waals surface area contributed by atoms with Crippen LogP contribution >= 0.6 is 0 Å². The number of aryl methyl sites for hydroxylation is 3. The van der Waals surface area contributed by atoms with Crippen molar-refractivity contribution in [3.63, 3.8) is 0 Å². The van der Waals surface area contributed by atoms with Gasteiger partial charge in [-0.05, 0) is 63.1 Å². The molecule has 0 heterocycles. The van der Waals surface area contributed by atoms with Gasteiger partial charge in [-0.2, -0.15) is 5.26 Å². The fraction of sp³-hybridized carbons (Fsp3) is 0.286. The molecule has 1 N–H and O–H groups in total. The average molecular weight is 366 g/mol. The van der Waals surface area contributed by atoms with Crippen LogP contribution in [-0.4, -0.2) is 24.6 Å². The van der Waals surface area contributed by atoms with Crippen LogP contribution in [0.3, 0.4) is 0 Å². The smallest absolute Gasteiger partial charge is 0.344 e. The number of ether oxygens (including phenoxy) is 2. The van der Waals surface area contributed by atoms with E-state index in [1.165, 1.54) is 6.92 Å². The zero-order valence-corrected chi connectivity index (χ0v) is 15.8. The molecule has 0 aliphatic rings. The lowest BCUT2D eigenvalue weighted by Crippen LogP contribution is -2.32. The quantitative estimate of drug-likeness (QED) is 0.791. The summed E-state index contributed by atoms with van der Waals surface area (Å²) in [6.45, 7) is 7.00. The highest BCUT2D eigenvalue weighted by molar-refractivity contribution is 5.96. The molecule has 140 valence electrons. The van der Waals surface area contributed by atoms with E-state index in [4.69, 9.17) is 14.7 Å². The third kappa shape index (κ3) is 5.58. The predicted octanol–water partition coefficient (Wildman–Crippen LogP) is 3.43. The molecule has 0 unspecified atom stereocenters. The number of nitrogens with zero attached hydrogens (tertiary/aromatic N) is 1. The summed E-state index contributed by atoms with van der Waals surface area (Å²) in [5.41, 5.74) is 4.23. The highest BCUT2D eigenvalue weighted by Gasteiger charge is 2.19. The molecule has 0 aliphatic heterocycles. The van der Waals surface area contributed by atoms with Gasteiger partial charge < -0.3 is 14.8 Å². The number of anilines is 1. The fourth-order valence-electron chi connectivity index (χ4n) is 2.65. The molecule has 0 aromatic heterocycles. The van der Waals surface area contributed by atoms with Gasteiger partial charge in [0.25, 0.3) is 5.91 Å². The molecule has 0 aliphatic carbocycles. The summed E-state index contributed by atoms with van der Waals surface area (Å²) < 4.78 is 10.4. The summed E-state index contributed by atoms with van der Waals surface area (Å²) >= 11 is 0. The Morgan fingerprint density at radius 1 is 1.11 bits per heavy atom. The van der Waals surface area contributed by atoms with E-state index in [1.807, 2.05) is 39.0 Å². The summed E-state index contributed by atoms with van der Waals surface area (Å²) in [4.78, 5) is 24.2. The van der Waals surface area contributed by atoms with Crippen LogP contribution in [0.25, 0.3) is 0 Å². The number of esters is 1. The van der Waals surface area contributed by atoms with Crippen molar-refractivity contribution >= 4 is 17.6 Å². The SMILES string of the molecule is Cc1cc(C)c(NC(=O)[C@@H](C)OC(=O)COc2ccc(C#N)cc2)c(C)c1. The van der Waals surface area contributed by atoms with Crippen molar-refractivity contribution in [2.45, 2.75) is 33.8 Å². The number of carbonyl (C=O) groups excluding carboxylic acids is 2. The second-order valence-electron chi connectivity index (χ2n) is 6.32. The Kier molecular flexibility index (Phi) is 6.56. The van der Waals surface area contributed by atoms with Crippen molar-refractivity contribution in [2.24, 2.45) is 0 Å². The van der Waals surface area contributed by atoms with Crippen LogP contribution in [-0.2, 0) is 14.3 Å². The van der Waals surface area contributed by atoms with Gasteiger partial charge in [-0.25, -0.2) is 4.79 Å². The van der Waals surface area contributed by atoms with E-state index in [9.17, 15) is 9.59 Å². The second-order valence-corrected chi connectivity index (χ2v) is 6.32. The van der Waals surface area contributed by atoms with Crippen LogP contribution in [0.1, 0.15) is 29.2 Å². The molecule has 2 aromatic carbocycles. The Morgan fingerprint density at radius 2 is 1.70 bits per heavy atom. The lowest BCUT2D eigenvalue weighted by Gasteiger charge is -2.17. The number of hydrogen-bond donors (Lipinski definition) is 1. The highest BCUT2D eigenvalue weighted by atomic mass is 16.6. The van der Waals surface area contributed by atoms with Gasteiger partial charge in [0.2, 0.25) is 0 Å². The summed E-state index contributed by atoms with van der Waals surface area (Å²) in [6.07, 6.45) is -0.956. The van der Waals surface area contributed by atoms with E-state index in [-0.39, 0.29) is 6.61 Å². The van der Waals surface area contributed by atoms with Crippen molar-refractivity contribution < 1.29 is 19.1 Å². The highest BCUT2D eigenvalue weighted by Crippen LogP contribution is 2.22. The minimum absolute atomic E-state index is 0.327. The van der Waals surface area contributed by atoms with E-state index in [0.717, 1.165) is 22.4 Å². The van der Waals surface area contributed by atoms with Gasteiger partial charge in [0.05, 0.1) is 11.6 Å². The number of hydrogen-bond acceptors (Lipinski definition) is 5. The first-order valence-corrected chi connectivity index (χ1v) is 8.51. The Hall–Kier alpha value is -3.33. The number of carbonyl (C=O) groups is 2. The molecule has 2 rings (SSSR count). The molecule has 0 saturated heterocycles. The summed E-state index contributed by atoms with van der Waals surface area (Å²) in [6, 6.07) is 12.3. The molecule has 27 heavy (non-hydrogen) atoms. The van der Waals surface area contributed by atoms with Crippen molar-refractivity contribution in [2.75, 3.05) is 11.9 Å². The van der Waals surface area contributed by atoms with E-state index in [0.29, 0.717) is 11.3 Å². The van der Waals surface area contributed by atoms with Crippen molar-refractivity contribution in [1.82, 2.24) is 0 Å². The first-order valence-electron chi connectivity index (χ1n) is 8.51. The molecule has 1 atom stereocenters. The van der Waals surface area contributed by atoms with E-state index < -0.39 is 18.0 Å². The van der Waals surface area contributed by atoms with Crippen molar-refractivity contribution in [3.05, 3.63) is 58.7 Å². The van der Waals surface area contributed by atoms with E-state index >= 15 is 0 Å². The van der Waals surface area contributed by atoms with Gasteiger partial charge in [0, 0.05) is 5.69 Å². The van der Waals surface area contributed by atoms with Crippen LogP contribution in [0, 0.1) is 32.1 Å². The zero-order valence-electron chi connectivity index (χ0n) is 15.8. The van der Waals surface area contributed by atoms with Crippen molar-refractivity contribution in [1.29, 1.82) is 5.26 Å². The predicted molar refractivity (Wildman–Crippen MR) is 101 cm³/mol. The maximum Gasteiger partial charge on any atom is 0.344 e. The fourth-order valence-corrected chi connectivity index (χ4v) is 2.65. The maximum absolute atomic E-state index is 12.3. The maximum atomic E-state index is 12.3. The Bertz CT molecular complexity index is 859. The molecule has 6 nitrogen and oxygen atoms in total. The van der Waals surface area contributed by atoms with Crippen LogP contribution in [0.15, 0.2) is 36.4 Å². The topological polar surface area (TPSA) is 88.4 Å². The second kappa shape index (κ2) is 8.86. The number of rotatable bonds is 6. The number of benzene rings is 2. The minimum atomic E-state index is -0.956. The molecular formula is C21H22N2O4. The number of amides is 1. The van der Waals surface area contributed by atoms with Crippen LogP contribution in [0.2, 0.25) is 0 Å². The Morgan fingerprint density at radius 3 is 2.26 bits per heavy atom. The van der Waals surface area contributed by atoms with Crippen LogP contribution < -0.4 is 10.1 Å². The van der Waals surface area contributed by atoms with Gasteiger partial charge in [0.15, 0.2) is 12.7 Å². The minimum Gasteiger partial charge on any atom is -0.482 e. The van der Waals surface area contributed by atoms with Gasteiger partial charge >= 0.3 is 5.97 Å². The summed E-state index contributed by atoms with van der Waals surface area (Å²) in [5, 5.41) is 11.6. The molecule has 0 saturated carbocycles. The van der Waals surface area contributed by atoms with Gasteiger partial charge in [-0.1, -0.05) is 17.7 Å². The number of nitrogens with one attached hydrogen (secondary N) is 1. The average Bonchev–Trinajstić information content (AvgIpc) is 2.63. The van der Waals surface area contributed by atoms with Crippen molar-refractivity contribution in [3.8, 4) is 11.8 Å². The molecule has 0 bridgehead atoms. The van der Waals surface area contributed by atoms with Crippen LogP contribution in [0.5, 0.6) is 5.75 Å². The van der Waals surface area contributed by atoms with E-state index in [2.05, 4.69) is 5.32 Å². The molecule has 1 amide bonds. The monoisotopic (exact) mass is 366 g/mol. The van der Waals surface area contributed by atoms with Gasteiger partial charge in [-0.15, -0.1) is 0 Å². The molecule has 2 aromatic rings. The normalized spacial score (nSPS) is 11.2. The first kappa shape index (κ1) is 20.0. The lowest BCUT2D eigenvalue weighted by atomic mass is 10.0. The Balaban J connectivity index is 1.88. The molecule has 0 radical (unpaired) electrons. The van der Waals surface area contributed by atoms with E-state index in [1.54, 1.807) is 24.3 Å². The molecule has 6 heteroatoms. The molecule has 0 fully saturated rings. The standard InChI is InChI=1S/C21H22N2O4/c1-13-9-14(2)20(15(3)10-13)23-21(25)16(4)27-19(24)12-26-18-7-5-17(11-22)6-8-18/h5-10,16H,12H2,1-4H3,(H,23,25)/t16-/m1/s1. The molecule has 0 spiro atoms. The third-order valence-electron chi connectivity index (χ3n) is 3.94. The first-order chi connectivity index (χ1) is 12.8. The molecular weight excluding hydrogens is 344 g/mol. The van der Waals surface area contributed by atoms with Gasteiger partial charge in [0.1, 0.15) is 5.75 Å². The lowest BCUT2D eigenvalue weighted by molar-refractivity contribution is -0.155. The zero-order chi connectivity index (χ0) is 20.0. The largest absolute Gasteiger partial charge is 0.482 e. The number of nitriles is 1. The summed E-state index contributed by atoms with van der Waals surface area (Å²) in [7, 11) is 0. The summed E-state index contributed by atoms with van der Waals surface area (Å²) in [5.74, 6) is -0.620. The Labute approximate surface area is 158 Å². The van der Waals surface area contributed by atoms with Crippen LogP contribution in [0.4, 0.5) is 5.69 Å². The third-order valence-corrected chi connectivity index (χ3v) is 3.94.